The normalized spacial score (nSPS) is 15.3. The van der Waals surface area contributed by atoms with E-state index in [-0.39, 0.29) is 35.2 Å². The van der Waals surface area contributed by atoms with Crippen LogP contribution in [0.15, 0.2) is 66.0 Å². The Bertz CT molecular complexity index is 1440. The molecule has 0 bridgehead atoms. The Kier molecular flexibility index (Phi) is 7.92. The summed E-state index contributed by atoms with van der Waals surface area (Å²) in [7, 11) is 1.57. The monoisotopic (exact) mass is 550 g/mol. The van der Waals surface area contributed by atoms with E-state index < -0.39 is 0 Å². The highest BCUT2D eigenvalue weighted by Gasteiger charge is 2.38. The lowest BCUT2D eigenvalue weighted by atomic mass is 10.0. The minimum Gasteiger partial charge on any atom is -0.383 e. The van der Waals surface area contributed by atoms with Crippen molar-refractivity contribution in [3.63, 3.8) is 0 Å². The number of methoxy groups -OCH3 is 1. The maximum atomic E-state index is 13.9. The standard InChI is InChI=1S/C28H27FN4O3S2/c1-18-6-3-4-7-21(18)33-28-25(26(31-33)22-8-5-15-37-22)27(19-9-11-20(29)12-10-19)38-17-24(35)32(28)16-23(34)30-13-14-36-2/h3-12,15,27H,13-14,16-17H2,1-2H3,(H,30,34). The van der Waals surface area contributed by atoms with E-state index in [1.54, 1.807) is 35.3 Å². The summed E-state index contributed by atoms with van der Waals surface area (Å²) < 4.78 is 20.7. The van der Waals surface area contributed by atoms with Crippen molar-refractivity contribution in [2.24, 2.45) is 0 Å². The van der Waals surface area contributed by atoms with Crippen molar-refractivity contribution in [3.05, 3.63) is 88.6 Å². The van der Waals surface area contributed by atoms with Crippen LogP contribution in [0.3, 0.4) is 0 Å². The van der Waals surface area contributed by atoms with Crippen LogP contribution in [0.1, 0.15) is 21.9 Å². The molecular formula is C28H27FN4O3S2. The summed E-state index contributed by atoms with van der Waals surface area (Å²) in [4.78, 5) is 29.1. The predicted octanol–water partition coefficient (Wildman–Crippen LogP) is 4.98. The largest absolute Gasteiger partial charge is 0.383 e. The van der Waals surface area contributed by atoms with Crippen LogP contribution in [0.5, 0.6) is 0 Å². The van der Waals surface area contributed by atoms with Gasteiger partial charge in [-0.2, -0.15) is 5.10 Å². The predicted molar refractivity (Wildman–Crippen MR) is 150 cm³/mol. The van der Waals surface area contributed by atoms with Crippen LogP contribution in [0.25, 0.3) is 16.3 Å². The number of anilines is 1. The third-order valence-corrected chi connectivity index (χ3v) is 8.42. The van der Waals surface area contributed by atoms with Gasteiger partial charge in [0.1, 0.15) is 23.9 Å². The SMILES string of the molecule is COCCNC(=O)CN1C(=O)CSC(c2ccc(F)cc2)c2c(-c3cccs3)nn(-c3ccccc3C)c21. The number of carbonyl (C=O) groups is 2. The Hall–Kier alpha value is -3.47. The minimum absolute atomic E-state index is 0.153. The number of hydrogen-bond acceptors (Lipinski definition) is 6. The van der Waals surface area contributed by atoms with E-state index >= 15 is 0 Å². The Morgan fingerprint density at radius 2 is 1.95 bits per heavy atom. The fourth-order valence-electron chi connectivity index (χ4n) is 4.48. The maximum Gasteiger partial charge on any atom is 0.240 e. The van der Waals surface area contributed by atoms with Gasteiger partial charge in [0.05, 0.1) is 28.2 Å². The lowest BCUT2D eigenvalue weighted by molar-refractivity contribution is -0.123. The Balaban J connectivity index is 1.74. The molecule has 0 saturated heterocycles. The summed E-state index contributed by atoms with van der Waals surface area (Å²) in [5, 5.41) is 9.57. The molecule has 1 unspecified atom stereocenters. The first kappa shape index (κ1) is 26.1. The third-order valence-electron chi connectivity index (χ3n) is 6.29. The number of fused-ring (bicyclic) bond motifs is 1. The number of halogens is 1. The van der Waals surface area contributed by atoms with Crippen molar-refractivity contribution >= 4 is 40.7 Å². The zero-order valence-electron chi connectivity index (χ0n) is 21.0. The highest BCUT2D eigenvalue weighted by Crippen LogP contribution is 2.49. The molecule has 7 nitrogen and oxygen atoms in total. The summed E-state index contributed by atoms with van der Waals surface area (Å²) in [6.07, 6.45) is 0. The fourth-order valence-corrected chi connectivity index (χ4v) is 6.40. The lowest BCUT2D eigenvalue weighted by Crippen LogP contribution is -2.43. The van der Waals surface area contributed by atoms with E-state index in [4.69, 9.17) is 9.84 Å². The van der Waals surface area contributed by atoms with Crippen LogP contribution in [0, 0.1) is 12.7 Å². The number of thioether (sulfide) groups is 1. The van der Waals surface area contributed by atoms with Gasteiger partial charge in [0.2, 0.25) is 11.8 Å². The molecule has 0 spiro atoms. The lowest BCUT2D eigenvalue weighted by Gasteiger charge is -2.23. The van der Waals surface area contributed by atoms with E-state index in [0.29, 0.717) is 19.0 Å². The molecule has 196 valence electrons. The van der Waals surface area contributed by atoms with Gasteiger partial charge in [-0.3, -0.25) is 14.5 Å². The molecule has 38 heavy (non-hydrogen) atoms. The zero-order chi connectivity index (χ0) is 26.6. The first-order valence-corrected chi connectivity index (χ1v) is 14.1. The molecule has 4 aromatic rings. The summed E-state index contributed by atoms with van der Waals surface area (Å²) in [6.45, 7) is 2.54. The number of aromatic nitrogens is 2. The number of benzene rings is 2. The second-order valence-corrected chi connectivity index (χ2v) is 10.9. The van der Waals surface area contributed by atoms with Crippen LogP contribution >= 0.6 is 23.1 Å². The van der Waals surface area contributed by atoms with Crippen LogP contribution in [-0.2, 0) is 14.3 Å². The molecule has 3 heterocycles. The van der Waals surface area contributed by atoms with Crippen LogP contribution < -0.4 is 10.2 Å². The first-order chi connectivity index (χ1) is 18.5. The maximum absolute atomic E-state index is 13.9. The zero-order valence-corrected chi connectivity index (χ0v) is 22.7. The summed E-state index contributed by atoms with van der Waals surface area (Å²) in [5.41, 5.74) is 4.21. The molecular weight excluding hydrogens is 523 g/mol. The first-order valence-electron chi connectivity index (χ1n) is 12.1. The van der Waals surface area contributed by atoms with Crippen molar-refractivity contribution in [1.29, 1.82) is 0 Å². The number of hydrogen-bond donors (Lipinski definition) is 1. The minimum atomic E-state index is -0.327. The van der Waals surface area contributed by atoms with Crippen LogP contribution in [0.4, 0.5) is 10.2 Å². The summed E-state index contributed by atoms with van der Waals surface area (Å²) >= 11 is 3.01. The second-order valence-electron chi connectivity index (χ2n) is 8.83. The third kappa shape index (κ3) is 5.24. The van der Waals surface area contributed by atoms with Gasteiger partial charge in [-0.15, -0.1) is 23.1 Å². The number of thiophene rings is 1. The van der Waals surface area contributed by atoms with Crippen molar-refractivity contribution in [2.45, 2.75) is 12.2 Å². The molecule has 0 fully saturated rings. The van der Waals surface area contributed by atoms with Crippen LogP contribution in [-0.4, -0.2) is 54.2 Å². The number of amides is 2. The average Bonchev–Trinajstić information content (AvgIpc) is 3.55. The highest BCUT2D eigenvalue weighted by atomic mass is 32.2. The Labute approximate surface area is 228 Å². The van der Waals surface area contributed by atoms with Gasteiger partial charge >= 0.3 is 0 Å². The number of rotatable bonds is 8. The number of nitrogens with one attached hydrogen (secondary N) is 1. The molecule has 2 aromatic heterocycles. The number of para-hydroxylation sites is 1. The van der Waals surface area contributed by atoms with Gasteiger partial charge in [-0.1, -0.05) is 36.4 Å². The molecule has 0 radical (unpaired) electrons. The smallest absolute Gasteiger partial charge is 0.240 e. The molecule has 2 amide bonds. The number of aryl methyl sites for hydroxylation is 1. The molecule has 5 rings (SSSR count). The van der Waals surface area contributed by atoms with E-state index in [2.05, 4.69) is 5.32 Å². The fraction of sp³-hybridized carbons (Fsp3) is 0.250. The molecule has 2 aromatic carbocycles. The van der Waals surface area contributed by atoms with Gasteiger partial charge < -0.3 is 10.1 Å². The van der Waals surface area contributed by atoms with Gasteiger partial charge in [0.15, 0.2) is 0 Å². The molecule has 1 atom stereocenters. The van der Waals surface area contributed by atoms with Gasteiger partial charge in [-0.25, -0.2) is 9.07 Å². The molecule has 1 aliphatic heterocycles. The molecule has 10 heteroatoms. The van der Waals surface area contributed by atoms with E-state index in [0.717, 1.165) is 32.9 Å². The summed E-state index contributed by atoms with van der Waals surface area (Å²) in [5.74, 6) is -0.113. The highest BCUT2D eigenvalue weighted by molar-refractivity contribution is 8.00. The number of nitrogens with zero attached hydrogens (tertiary/aromatic N) is 3. The topological polar surface area (TPSA) is 76.5 Å². The molecule has 0 aliphatic carbocycles. The second kappa shape index (κ2) is 11.5. The number of carbonyl (C=O) groups excluding carboxylic acids is 2. The van der Waals surface area contributed by atoms with Crippen molar-refractivity contribution in [2.75, 3.05) is 37.5 Å². The van der Waals surface area contributed by atoms with Gasteiger partial charge in [0.25, 0.3) is 0 Å². The van der Waals surface area contributed by atoms with Gasteiger partial charge in [-0.05, 0) is 47.7 Å². The van der Waals surface area contributed by atoms with E-state index in [9.17, 15) is 14.0 Å². The average molecular weight is 551 g/mol. The Morgan fingerprint density at radius 3 is 2.66 bits per heavy atom. The van der Waals surface area contributed by atoms with E-state index in [1.807, 2.05) is 48.7 Å². The quantitative estimate of drug-likeness (QED) is 0.313. The summed E-state index contributed by atoms with van der Waals surface area (Å²) in [6, 6.07) is 18.1. The molecule has 1 N–H and O–H groups in total. The van der Waals surface area contributed by atoms with Crippen molar-refractivity contribution in [1.82, 2.24) is 15.1 Å². The molecule has 0 saturated carbocycles. The Morgan fingerprint density at radius 1 is 1.16 bits per heavy atom. The molecule has 1 aliphatic rings. The number of ether oxygens (including phenoxy) is 1. The van der Waals surface area contributed by atoms with Crippen molar-refractivity contribution < 1.29 is 18.7 Å². The van der Waals surface area contributed by atoms with E-state index in [1.165, 1.54) is 28.8 Å². The van der Waals surface area contributed by atoms with Crippen molar-refractivity contribution in [3.8, 4) is 16.3 Å². The van der Waals surface area contributed by atoms with Gasteiger partial charge in [0, 0.05) is 19.2 Å². The van der Waals surface area contributed by atoms with Crippen LogP contribution in [0.2, 0.25) is 0 Å².